The van der Waals surface area contributed by atoms with Gasteiger partial charge in [-0.1, -0.05) is 5.21 Å². The molecule has 0 aliphatic heterocycles. The number of hydrogen-bond donors (Lipinski definition) is 1. The maximum Gasteiger partial charge on any atom is 0.151 e. The Kier molecular flexibility index (Phi) is 3.25. The van der Waals surface area contributed by atoms with Crippen LogP contribution in [0.25, 0.3) is 0 Å². The van der Waals surface area contributed by atoms with Crippen molar-refractivity contribution in [3.8, 4) is 0 Å². The molecular weight excluding hydrogens is 206 g/mol. The predicted molar refractivity (Wildman–Crippen MR) is 57.4 cm³/mol. The summed E-state index contributed by atoms with van der Waals surface area (Å²) in [7, 11) is 3.75. The number of nitrogens with zero attached hydrogens (tertiary/aromatic N) is 6. The van der Waals surface area contributed by atoms with Gasteiger partial charge in [0.2, 0.25) is 0 Å². The van der Waals surface area contributed by atoms with Crippen molar-refractivity contribution < 1.29 is 0 Å². The molecule has 0 saturated carbocycles. The van der Waals surface area contributed by atoms with Crippen LogP contribution in [-0.4, -0.2) is 36.3 Å². The summed E-state index contributed by atoms with van der Waals surface area (Å²) in [6.45, 7) is 1.60. The second-order valence-corrected chi connectivity index (χ2v) is 3.61. The molecule has 7 nitrogen and oxygen atoms in total. The number of rotatable bonds is 5. The Bertz CT molecular complexity index is 444. The molecule has 0 atom stereocenters. The molecule has 0 fully saturated rings. The van der Waals surface area contributed by atoms with E-state index in [-0.39, 0.29) is 0 Å². The van der Waals surface area contributed by atoms with Crippen LogP contribution in [0, 0.1) is 0 Å². The van der Waals surface area contributed by atoms with E-state index >= 15 is 0 Å². The third-order valence-electron chi connectivity index (χ3n) is 2.29. The minimum atomic E-state index is 0.760. The van der Waals surface area contributed by atoms with E-state index in [1.54, 1.807) is 21.9 Å². The average molecular weight is 221 g/mol. The van der Waals surface area contributed by atoms with Gasteiger partial charge in [0.15, 0.2) is 5.82 Å². The van der Waals surface area contributed by atoms with Gasteiger partial charge in [-0.15, -0.1) is 5.10 Å². The first-order valence-corrected chi connectivity index (χ1v) is 5.14. The van der Waals surface area contributed by atoms with Crippen LogP contribution in [0.15, 0.2) is 12.5 Å². The fourth-order valence-electron chi connectivity index (χ4n) is 1.39. The minimum Gasteiger partial charge on any atom is -0.311 e. The molecule has 7 heteroatoms. The van der Waals surface area contributed by atoms with Gasteiger partial charge in [-0.25, -0.2) is 4.98 Å². The topological polar surface area (TPSA) is 73.5 Å². The SMILES string of the molecule is Cn1cnc(CCNCc2cnnn2C)n1. The van der Waals surface area contributed by atoms with Crippen LogP contribution in [0.4, 0.5) is 0 Å². The van der Waals surface area contributed by atoms with Gasteiger partial charge in [0.05, 0.1) is 11.9 Å². The fraction of sp³-hybridized carbons (Fsp3) is 0.556. The molecule has 0 bridgehead atoms. The summed E-state index contributed by atoms with van der Waals surface area (Å²) in [4.78, 5) is 4.15. The van der Waals surface area contributed by atoms with Crippen molar-refractivity contribution in [2.75, 3.05) is 6.54 Å². The maximum atomic E-state index is 4.20. The molecule has 0 unspecified atom stereocenters. The third-order valence-corrected chi connectivity index (χ3v) is 2.29. The number of aromatic nitrogens is 6. The molecule has 0 aliphatic carbocycles. The average Bonchev–Trinajstić information content (AvgIpc) is 2.83. The minimum absolute atomic E-state index is 0.760. The van der Waals surface area contributed by atoms with Crippen LogP contribution in [0.3, 0.4) is 0 Å². The molecule has 2 heterocycles. The number of aryl methyl sites for hydroxylation is 2. The highest BCUT2D eigenvalue weighted by Crippen LogP contribution is 1.93. The number of nitrogens with one attached hydrogen (secondary N) is 1. The zero-order valence-electron chi connectivity index (χ0n) is 9.46. The first-order chi connectivity index (χ1) is 7.75. The fourth-order valence-corrected chi connectivity index (χ4v) is 1.39. The van der Waals surface area contributed by atoms with E-state index < -0.39 is 0 Å². The highest BCUT2D eigenvalue weighted by molar-refractivity contribution is 4.92. The standard InChI is InChI=1S/C9H15N7/c1-15-7-11-9(13-15)3-4-10-5-8-6-12-14-16(8)2/h6-7,10H,3-5H2,1-2H3. The second-order valence-electron chi connectivity index (χ2n) is 3.61. The van der Waals surface area contributed by atoms with Crippen LogP contribution in [0.1, 0.15) is 11.5 Å². The summed E-state index contributed by atoms with van der Waals surface area (Å²) < 4.78 is 3.46. The third kappa shape index (κ3) is 2.63. The molecule has 0 aliphatic rings. The Morgan fingerprint density at radius 1 is 1.38 bits per heavy atom. The molecular formula is C9H15N7. The molecule has 16 heavy (non-hydrogen) atoms. The van der Waals surface area contributed by atoms with Gasteiger partial charge in [-0.05, 0) is 0 Å². The lowest BCUT2D eigenvalue weighted by molar-refractivity contribution is 0.609. The summed E-state index contributed by atoms with van der Waals surface area (Å²) in [5.41, 5.74) is 1.06. The lowest BCUT2D eigenvalue weighted by Crippen LogP contribution is -2.19. The Morgan fingerprint density at radius 2 is 2.25 bits per heavy atom. The molecule has 0 aromatic carbocycles. The van der Waals surface area contributed by atoms with E-state index in [1.165, 1.54) is 0 Å². The van der Waals surface area contributed by atoms with Crippen LogP contribution >= 0.6 is 0 Å². The molecule has 0 saturated heterocycles. The van der Waals surface area contributed by atoms with Crippen LogP contribution in [0.2, 0.25) is 0 Å². The van der Waals surface area contributed by atoms with Crippen molar-refractivity contribution >= 4 is 0 Å². The van der Waals surface area contributed by atoms with Crippen LogP contribution in [-0.2, 0) is 27.1 Å². The zero-order chi connectivity index (χ0) is 11.4. The van der Waals surface area contributed by atoms with Crippen molar-refractivity contribution in [3.63, 3.8) is 0 Å². The zero-order valence-corrected chi connectivity index (χ0v) is 9.46. The highest BCUT2D eigenvalue weighted by atomic mass is 15.4. The van der Waals surface area contributed by atoms with Gasteiger partial charge in [0.25, 0.3) is 0 Å². The van der Waals surface area contributed by atoms with E-state index in [9.17, 15) is 0 Å². The summed E-state index contributed by atoms with van der Waals surface area (Å²) in [5, 5.41) is 15.2. The van der Waals surface area contributed by atoms with Gasteiger partial charge in [0.1, 0.15) is 6.33 Å². The molecule has 1 N–H and O–H groups in total. The van der Waals surface area contributed by atoms with Crippen molar-refractivity contribution in [1.82, 2.24) is 35.1 Å². The molecule has 2 aromatic rings. The number of hydrogen-bond acceptors (Lipinski definition) is 5. The van der Waals surface area contributed by atoms with E-state index in [1.807, 2.05) is 14.1 Å². The van der Waals surface area contributed by atoms with Gasteiger partial charge in [-0.2, -0.15) is 5.10 Å². The molecule has 0 spiro atoms. The van der Waals surface area contributed by atoms with Crippen LogP contribution in [0.5, 0.6) is 0 Å². The second kappa shape index (κ2) is 4.84. The molecule has 0 radical (unpaired) electrons. The quantitative estimate of drug-likeness (QED) is 0.674. The Hall–Kier alpha value is -1.76. The Balaban J connectivity index is 1.71. The first-order valence-electron chi connectivity index (χ1n) is 5.14. The first kappa shape index (κ1) is 10.7. The highest BCUT2D eigenvalue weighted by Gasteiger charge is 2.00. The van der Waals surface area contributed by atoms with Gasteiger partial charge >= 0.3 is 0 Å². The molecule has 2 aromatic heterocycles. The molecule has 2 rings (SSSR count). The lowest BCUT2D eigenvalue weighted by atomic mass is 10.4. The maximum absolute atomic E-state index is 4.20. The van der Waals surface area contributed by atoms with Gasteiger partial charge in [-0.3, -0.25) is 9.36 Å². The summed E-state index contributed by atoms with van der Waals surface area (Å²) in [6.07, 6.45) is 4.29. The van der Waals surface area contributed by atoms with Crippen LogP contribution < -0.4 is 5.32 Å². The van der Waals surface area contributed by atoms with Crippen molar-refractivity contribution in [1.29, 1.82) is 0 Å². The largest absolute Gasteiger partial charge is 0.311 e. The van der Waals surface area contributed by atoms with Crippen molar-refractivity contribution in [2.24, 2.45) is 14.1 Å². The van der Waals surface area contributed by atoms with E-state index in [4.69, 9.17) is 0 Å². The van der Waals surface area contributed by atoms with E-state index in [2.05, 4.69) is 25.7 Å². The smallest absolute Gasteiger partial charge is 0.151 e. The molecule has 0 amide bonds. The molecule has 86 valence electrons. The summed E-state index contributed by atoms with van der Waals surface area (Å²) in [5.74, 6) is 0.859. The Labute approximate surface area is 93.5 Å². The summed E-state index contributed by atoms with van der Waals surface area (Å²) in [6, 6.07) is 0. The van der Waals surface area contributed by atoms with Gasteiger partial charge < -0.3 is 5.32 Å². The van der Waals surface area contributed by atoms with Crippen molar-refractivity contribution in [3.05, 3.63) is 24.0 Å². The Morgan fingerprint density at radius 3 is 2.88 bits per heavy atom. The predicted octanol–water partition coefficient (Wildman–Crippen LogP) is -0.724. The van der Waals surface area contributed by atoms with E-state index in [0.717, 1.165) is 31.0 Å². The lowest BCUT2D eigenvalue weighted by Gasteiger charge is -2.02. The van der Waals surface area contributed by atoms with E-state index in [0.29, 0.717) is 0 Å². The van der Waals surface area contributed by atoms with Gasteiger partial charge in [0, 0.05) is 33.6 Å². The summed E-state index contributed by atoms with van der Waals surface area (Å²) >= 11 is 0. The monoisotopic (exact) mass is 221 g/mol. The normalized spacial score (nSPS) is 10.9. The van der Waals surface area contributed by atoms with Crippen molar-refractivity contribution in [2.45, 2.75) is 13.0 Å².